The van der Waals surface area contributed by atoms with Crippen LogP contribution in [-0.4, -0.2) is 49.1 Å². The van der Waals surface area contributed by atoms with E-state index in [2.05, 4.69) is 29.0 Å². The first-order chi connectivity index (χ1) is 12.2. The maximum atomic E-state index is 12.5. The largest absolute Gasteiger partial charge is 0.490 e. The van der Waals surface area contributed by atoms with Crippen molar-refractivity contribution in [3.63, 3.8) is 0 Å². The highest BCUT2D eigenvalue weighted by Gasteiger charge is 2.15. The van der Waals surface area contributed by atoms with Crippen LogP contribution in [0.3, 0.4) is 0 Å². The van der Waals surface area contributed by atoms with Gasteiger partial charge in [-0.25, -0.2) is 4.98 Å². The van der Waals surface area contributed by atoms with E-state index in [0.717, 1.165) is 19.6 Å². The quantitative estimate of drug-likeness (QED) is 0.758. The number of carbonyl (C=O) groups excluding carboxylic acids is 1. The molecule has 0 spiro atoms. The van der Waals surface area contributed by atoms with Crippen molar-refractivity contribution < 1.29 is 14.3 Å². The molecule has 2 aromatic rings. The van der Waals surface area contributed by atoms with Gasteiger partial charge in [0.15, 0.2) is 0 Å². The lowest BCUT2D eigenvalue weighted by Gasteiger charge is -2.19. The Hall–Kier alpha value is -2.60. The molecule has 0 aliphatic heterocycles. The average Bonchev–Trinajstić information content (AvgIpc) is 2.66. The third kappa shape index (κ3) is 5.19. The minimum absolute atomic E-state index is 0.287. The molecule has 0 saturated carbocycles. The van der Waals surface area contributed by atoms with E-state index in [1.165, 1.54) is 7.11 Å². The molecule has 1 aromatic heterocycles. The summed E-state index contributed by atoms with van der Waals surface area (Å²) < 4.78 is 11.0. The smallest absolute Gasteiger partial charge is 0.261 e. The predicted molar refractivity (Wildman–Crippen MR) is 98.5 cm³/mol. The van der Waals surface area contributed by atoms with Crippen LogP contribution in [0.25, 0.3) is 0 Å². The number of pyridine rings is 1. The second-order valence-electron chi connectivity index (χ2n) is 5.39. The lowest BCUT2D eigenvalue weighted by atomic mass is 10.2. The zero-order valence-corrected chi connectivity index (χ0v) is 15.0. The third-order valence-corrected chi connectivity index (χ3v) is 3.90. The Morgan fingerprint density at radius 3 is 2.64 bits per heavy atom. The molecule has 1 aromatic carbocycles. The van der Waals surface area contributed by atoms with Gasteiger partial charge < -0.3 is 19.7 Å². The van der Waals surface area contributed by atoms with Crippen molar-refractivity contribution in [2.45, 2.75) is 13.8 Å². The standard InChI is InChI=1S/C19H25N3O3/c1-4-22(5-2)13-14-25-17-11-7-6-10-16(17)21-18(23)15-9-8-12-20-19(15)24-3/h6-12H,4-5,13-14H2,1-3H3,(H,21,23). The number of methoxy groups -OCH3 is 1. The van der Waals surface area contributed by atoms with E-state index in [4.69, 9.17) is 9.47 Å². The molecule has 1 heterocycles. The van der Waals surface area contributed by atoms with E-state index < -0.39 is 0 Å². The van der Waals surface area contributed by atoms with Gasteiger partial charge in [-0.05, 0) is 37.4 Å². The minimum Gasteiger partial charge on any atom is -0.490 e. The van der Waals surface area contributed by atoms with Gasteiger partial charge in [0.05, 0.1) is 12.8 Å². The Bertz CT molecular complexity index is 687. The molecule has 1 amide bonds. The fraction of sp³-hybridized carbons (Fsp3) is 0.368. The molecule has 0 fully saturated rings. The highest BCUT2D eigenvalue weighted by atomic mass is 16.5. The van der Waals surface area contributed by atoms with E-state index >= 15 is 0 Å². The number of para-hydroxylation sites is 2. The van der Waals surface area contributed by atoms with Gasteiger partial charge in [0.25, 0.3) is 5.91 Å². The van der Waals surface area contributed by atoms with E-state index in [0.29, 0.717) is 29.5 Å². The van der Waals surface area contributed by atoms with Crippen LogP contribution in [0, 0.1) is 0 Å². The summed E-state index contributed by atoms with van der Waals surface area (Å²) in [5, 5.41) is 2.87. The monoisotopic (exact) mass is 343 g/mol. The molecule has 2 rings (SSSR count). The molecule has 0 aliphatic carbocycles. The zero-order valence-electron chi connectivity index (χ0n) is 15.0. The van der Waals surface area contributed by atoms with Gasteiger partial charge in [-0.1, -0.05) is 26.0 Å². The highest BCUT2D eigenvalue weighted by molar-refractivity contribution is 6.06. The van der Waals surface area contributed by atoms with E-state index in [-0.39, 0.29) is 5.91 Å². The van der Waals surface area contributed by atoms with Gasteiger partial charge in [-0.15, -0.1) is 0 Å². The first-order valence-electron chi connectivity index (χ1n) is 8.44. The number of hydrogen-bond donors (Lipinski definition) is 1. The van der Waals surface area contributed by atoms with Crippen LogP contribution < -0.4 is 14.8 Å². The molecule has 6 heteroatoms. The van der Waals surface area contributed by atoms with Crippen LogP contribution >= 0.6 is 0 Å². The molecule has 1 N–H and O–H groups in total. The van der Waals surface area contributed by atoms with Gasteiger partial charge in [0.1, 0.15) is 17.9 Å². The number of rotatable bonds is 9. The first kappa shape index (κ1) is 18.7. The lowest BCUT2D eigenvalue weighted by Crippen LogP contribution is -2.28. The number of nitrogens with one attached hydrogen (secondary N) is 1. The first-order valence-corrected chi connectivity index (χ1v) is 8.44. The summed E-state index contributed by atoms with van der Waals surface area (Å²) in [6, 6.07) is 10.8. The van der Waals surface area contributed by atoms with E-state index in [1.54, 1.807) is 18.3 Å². The molecule has 134 valence electrons. The maximum Gasteiger partial charge on any atom is 0.261 e. The maximum absolute atomic E-state index is 12.5. The molecule has 0 atom stereocenters. The summed E-state index contributed by atoms with van der Waals surface area (Å²) in [6.07, 6.45) is 1.58. The third-order valence-electron chi connectivity index (χ3n) is 3.90. The van der Waals surface area contributed by atoms with Gasteiger partial charge in [0, 0.05) is 12.7 Å². The summed E-state index contributed by atoms with van der Waals surface area (Å²) in [5.41, 5.74) is 1.00. The van der Waals surface area contributed by atoms with Crippen molar-refractivity contribution in [2.75, 3.05) is 38.7 Å². The second-order valence-corrected chi connectivity index (χ2v) is 5.39. The summed E-state index contributed by atoms with van der Waals surface area (Å²) in [6.45, 7) is 7.62. The number of aromatic nitrogens is 1. The number of ether oxygens (including phenoxy) is 2. The number of amides is 1. The topological polar surface area (TPSA) is 63.7 Å². The fourth-order valence-electron chi connectivity index (χ4n) is 2.44. The Morgan fingerprint density at radius 2 is 1.92 bits per heavy atom. The van der Waals surface area contributed by atoms with Gasteiger partial charge in [-0.2, -0.15) is 0 Å². The molecule has 0 unspecified atom stereocenters. The SMILES string of the molecule is CCN(CC)CCOc1ccccc1NC(=O)c1cccnc1OC. The summed E-state index contributed by atoms with van der Waals surface area (Å²) in [4.78, 5) is 18.9. The van der Waals surface area contributed by atoms with Crippen LogP contribution in [0.5, 0.6) is 11.6 Å². The van der Waals surface area contributed by atoms with Crippen LogP contribution in [-0.2, 0) is 0 Å². The van der Waals surface area contributed by atoms with Crippen LogP contribution in [0.2, 0.25) is 0 Å². The minimum atomic E-state index is -0.287. The van der Waals surface area contributed by atoms with Crippen molar-refractivity contribution in [3.05, 3.63) is 48.2 Å². The molecule has 25 heavy (non-hydrogen) atoms. The van der Waals surface area contributed by atoms with Crippen LogP contribution in [0.15, 0.2) is 42.6 Å². The van der Waals surface area contributed by atoms with Crippen molar-refractivity contribution in [1.29, 1.82) is 0 Å². The highest BCUT2D eigenvalue weighted by Crippen LogP contribution is 2.25. The summed E-state index contributed by atoms with van der Waals surface area (Å²) >= 11 is 0. The van der Waals surface area contributed by atoms with Gasteiger partial charge >= 0.3 is 0 Å². The van der Waals surface area contributed by atoms with Crippen LogP contribution in [0.4, 0.5) is 5.69 Å². The molecular weight excluding hydrogens is 318 g/mol. The molecule has 6 nitrogen and oxygen atoms in total. The van der Waals surface area contributed by atoms with Crippen LogP contribution in [0.1, 0.15) is 24.2 Å². The Balaban J connectivity index is 2.06. The molecule has 0 bridgehead atoms. The summed E-state index contributed by atoms with van der Waals surface area (Å²) in [7, 11) is 1.49. The number of likely N-dealkylation sites (N-methyl/N-ethyl adjacent to an activating group) is 1. The fourth-order valence-corrected chi connectivity index (χ4v) is 2.44. The van der Waals surface area contributed by atoms with E-state index in [1.807, 2.05) is 24.3 Å². The molecule has 0 saturated heterocycles. The number of anilines is 1. The zero-order chi connectivity index (χ0) is 18.1. The van der Waals surface area contributed by atoms with Crippen molar-refractivity contribution >= 4 is 11.6 Å². The lowest BCUT2D eigenvalue weighted by molar-refractivity contribution is 0.102. The van der Waals surface area contributed by atoms with Gasteiger partial charge in [0.2, 0.25) is 5.88 Å². The Kier molecular flexibility index (Phi) is 7.22. The van der Waals surface area contributed by atoms with Gasteiger partial charge in [-0.3, -0.25) is 4.79 Å². The van der Waals surface area contributed by atoms with Crippen molar-refractivity contribution in [3.8, 4) is 11.6 Å². The number of carbonyl (C=O) groups is 1. The number of benzene rings is 1. The van der Waals surface area contributed by atoms with Crippen molar-refractivity contribution in [1.82, 2.24) is 9.88 Å². The second kappa shape index (κ2) is 9.64. The normalized spacial score (nSPS) is 10.6. The average molecular weight is 343 g/mol. The number of hydrogen-bond acceptors (Lipinski definition) is 5. The van der Waals surface area contributed by atoms with E-state index in [9.17, 15) is 4.79 Å². The molecular formula is C19H25N3O3. The Labute approximate surface area is 148 Å². The van der Waals surface area contributed by atoms with Crippen molar-refractivity contribution in [2.24, 2.45) is 0 Å². The predicted octanol–water partition coefficient (Wildman–Crippen LogP) is 3.06. The summed E-state index contributed by atoms with van der Waals surface area (Å²) in [5.74, 6) is 0.649. The molecule has 0 aliphatic rings. The number of nitrogens with zero attached hydrogens (tertiary/aromatic N) is 2. The Morgan fingerprint density at radius 1 is 1.16 bits per heavy atom. The molecule has 0 radical (unpaired) electrons.